The first-order valence-electron chi connectivity index (χ1n) is 11.7. The zero-order valence-electron chi connectivity index (χ0n) is 21.2. The molecule has 1 aliphatic carbocycles. The lowest BCUT2D eigenvalue weighted by Crippen LogP contribution is -2.40. The van der Waals surface area contributed by atoms with Gasteiger partial charge in [-0.1, -0.05) is 35.4 Å². The normalized spacial score (nSPS) is 17.6. The molecule has 1 saturated carbocycles. The monoisotopic (exact) mass is 546 g/mol. The first-order valence-corrected chi connectivity index (χ1v) is 14.8. The predicted octanol–water partition coefficient (Wildman–Crippen LogP) is 4.23. The van der Waals surface area contributed by atoms with Gasteiger partial charge in [0.15, 0.2) is 25.1 Å². The third-order valence-corrected chi connectivity index (χ3v) is 9.07. The van der Waals surface area contributed by atoms with Crippen LogP contribution in [0.3, 0.4) is 0 Å². The second-order valence-electron chi connectivity index (χ2n) is 8.88. The maximum absolute atomic E-state index is 13.2. The Morgan fingerprint density at radius 3 is 1.32 bits per heavy atom. The van der Waals surface area contributed by atoms with Crippen LogP contribution in [0, 0.1) is 19.3 Å². The van der Waals surface area contributed by atoms with Gasteiger partial charge in [-0.2, -0.15) is 0 Å². The van der Waals surface area contributed by atoms with Gasteiger partial charge in [0.05, 0.1) is 23.0 Å². The molecule has 37 heavy (non-hydrogen) atoms. The zero-order valence-corrected chi connectivity index (χ0v) is 22.8. The van der Waals surface area contributed by atoms with Crippen molar-refractivity contribution < 1.29 is 35.9 Å². The molecule has 2 aromatic carbocycles. The highest BCUT2D eigenvalue weighted by atomic mass is 32.2. The largest absolute Gasteiger partial charge is 0.465 e. The van der Waals surface area contributed by atoms with Crippen molar-refractivity contribution in [3.63, 3.8) is 0 Å². The first-order chi connectivity index (χ1) is 17.3. The second-order valence-corrected chi connectivity index (χ2v) is 12.5. The van der Waals surface area contributed by atoms with Gasteiger partial charge in [0, 0.05) is 23.7 Å². The minimum atomic E-state index is -4.05. The van der Waals surface area contributed by atoms with Gasteiger partial charge in [-0.05, 0) is 63.1 Å². The number of sulfone groups is 2. The van der Waals surface area contributed by atoms with Crippen LogP contribution in [-0.4, -0.2) is 42.0 Å². The van der Waals surface area contributed by atoms with Crippen molar-refractivity contribution >= 4 is 31.6 Å². The van der Waals surface area contributed by atoms with Crippen molar-refractivity contribution in [2.24, 2.45) is 5.41 Å². The fraction of sp³-hybridized carbons (Fsp3) is 0.333. The molecule has 10 heteroatoms. The van der Waals surface area contributed by atoms with E-state index in [1.165, 1.54) is 24.3 Å². The molecule has 2 aromatic rings. The lowest BCUT2D eigenvalue weighted by molar-refractivity contribution is -0.171. The highest BCUT2D eigenvalue weighted by Gasteiger charge is 2.54. The summed E-state index contributed by atoms with van der Waals surface area (Å²) in [6.45, 7) is 6.72. The Bertz CT molecular complexity index is 1330. The van der Waals surface area contributed by atoms with Crippen molar-refractivity contribution in [2.45, 2.75) is 50.3 Å². The highest BCUT2D eigenvalue weighted by Crippen LogP contribution is 2.48. The zero-order chi connectivity index (χ0) is 27.4. The van der Waals surface area contributed by atoms with E-state index in [0.29, 0.717) is 0 Å². The summed E-state index contributed by atoms with van der Waals surface area (Å²) >= 11 is 0. The number of allylic oxidation sites excluding steroid dienone is 2. The van der Waals surface area contributed by atoms with Gasteiger partial charge in [-0.25, -0.2) is 16.8 Å². The minimum absolute atomic E-state index is 0.00360. The molecule has 1 fully saturated rings. The van der Waals surface area contributed by atoms with Crippen LogP contribution >= 0.6 is 0 Å². The Kier molecular flexibility index (Phi) is 8.44. The summed E-state index contributed by atoms with van der Waals surface area (Å²) in [6, 6.07) is 12.3. The molecule has 0 aromatic heterocycles. The van der Waals surface area contributed by atoms with Gasteiger partial charge >= 0.3 is 11.9 Å². The van der Waals surface area contributed by atoms with E-state index in [-0.39, 0.29) is 47.0 Å². The highest BCUT2D eigenvalue weighted by molar-refractivity contribution is 7.94. The quantitative estimate of drug-likeness (QED) is 0.356. The van der Waals surface area contributed by atoms with Gasteiger partial charge in [-0.15, -0.1) is 0 Å². The smallest absolute Gasteiger partial charge is 0.324 e. The molecular formula is C27H30O8S2. The molecule has 8 nitrogen and oxygen atoms in total. The molecule has 1 aliphatic rings. The van der Waals surface area contributed by atoms with Crippen LogP contribution < -0.4 is 0 Å². The summed E-state index contributed by atoms with van der Waals surface area (Å²) in [4.78, 5) is 26.1. The van der Waals surface area contributed by atoms with E-state index in [0.717, 1.165) is 21.9 Å². The van der Waals surface area contributed by atoms with Gasteiger partial charge in [0.1, 0.15) is 0 Å². The number of benzene rings is 2. The molecule has 0 spiro atoms. The van der Waals surface area contributed by atoms with Crippen LogP contribution in [0.2, 0.25) is 0 Å². The SMILES string of the molecule is CCOC(=O)C1(C(=O)OCC)CC(=C\S(=O)(=O)c2ccc(C)cc2)/C(=C/S(=O)(=O)c2ccc(C)cc2)C1. The van der Waals surface area contributed by atoms with E-state index < -0.39 is 37.0 Å². The van der Waals surface area contributed by atoms with Crippen LogP contribution in [0.4, 0.5) is 0 Å². The standard InChI is InChI=1S/C27H30O8S2/c1-5-34-25(28)27(26(29)35-6-2)15-21(17-36(30,31)23-11-7-19(3)8-12-23)22(16-27)18-37(32,33)24-13-9-20(4)10-14-24/h7-14,17-18H,5-6,15-16H2,1-4H3/b21-17+,22-18+. The Hall–Kier alpha value is -3.24. The van der Waals surface area contributed by atoms with Gasteiger partial charge in [0.25, 0.3) is 0 Å². The predicted molar refractivity (Wildman–Crippen MR) is 138 cm³/mol. The molecular weight excluding hydrogens is 516 g/mol. The van der Waals surface area contributed by atoms with E-state index >= 15 is 0 Å². The maximum atomic E-state index is 13.2. The molecule has 0 atom stereocenters. The fourth-order valence-electron chi connectivity index (χ4n) is 4.05. The number of hydrogen-bond donors (Lipinski definition) is 0. The molecule has 3 rings (SSSR count). The molecule has 0 saturated heterocycles. The average Bonchev–Trinajstić information content (AvgIpc) is 3.18. The Labute approximate surface area is 217 Å². The van der Waals surface area contributed by atoms with Crippen LogP contribution in [0.15, 0.2) is 80.3 Å². The Morgan fingerprint density at radius 2 is 1.03 bits per heavy atom. The summed E-state index contributed by atoms with van der Waals surface area (Å²) in [5.74, 6) is -1.80. The van der Waals surface area contributed by atoms with E-state index in [4.69, 9.17) is 9.47 Å². The summed E-state index contributed by atoms with van der Waals surface area (Å²) in [5, 5.41) is 1.85. The van der Waals surface area contributed by atoms with E-state index in [2.05, 4.69) is 0 Å². The van der Waals surface area contributed by atoms with Crippen molar-refractivity contribution in [2.75, 3.05) is 13.2 Å². The molecule has 0 bridgehead atoms. The minimum Gasteiger partial charge on any atom is -0.465 e. The van der Waals surface area contributed by atoms with Crippen molar-refractivity contribution in [1.82, 2.24) is 0 Å². The third kappa shape index (κ3) is 6.19. The molecule has 0 N–H and O–H groups in total. The molecule has 0 amide bonds. The summed E-state index contributed by atoms with van der Waals surface area (Å²) < 4.78 is 63.3. The van der Waals surface area contributed by atoms with Gasteiger partial charge in [-0.3, -0.25) is 9.59 Å². The lowest BCUT2D eigenvalue weighted by atomic mass is 9.86. The molecule has 0 heterocycles. The Balaban J connectivity index is 2.21. The number of ether oxygens (including phenoxy) is 2. The van der Waals surface area contributed by atoms with Crippen molar-refractivity contribution in [3.8, 4) is 0 Å². The third-order valence-electron chi connectivity index (χ3n) is 6.02. The number of hydrogen-bond acceptors (Lipinski definition) is 8. The summed E-state index contributed by atoms with van der Waals surface area (Å²) in [7, 11) is -8.09. The maximum Gasteiger partial charge on any atom is 0.324 e. The van der Waals surface area contributed by atoms with Crippen molar-refractivity contribution in [1.29, 1.82) is 0 Å². The first kappa shape index (κ1) is 28.3. The fourth-order valence-corrected chi connectivity index (χ4v) is 6.57. The lowest BCUT2D eigenvalue weighted by Gasteiger charge is -2.23. The molecule has 0 aliphatic heterocycles. The Morgan fingerprint density at radius 1 is 0.703 bits per heavy atom. The van der Waals surface area contributed by atoms with Crippen LogP contribution in [0.25, 0.3) is 0 Å². The van der Waals surface area contributed by atoms with Crippen LogP contribution in [0.1, 0.15) is 37.8 Å². The average molecular weight is 547 g/mol. The second kappa shape index (κ2) is 11.0. The van der Waals surface area contributed by atoms with E-state index in [9.17, 15) is 26.4 Å². The van der Waals surface area contributed by atoms with Crippen LogP contribution in [-0.2, 0) is 38.7 Å². The van der Waals surface area contributed by atoms with Gasteiger partial charge in [0.2, 0.25) is 0 Å². The topological polar surface area (TPSA) is 121 Å². The van der Waals surface area contributed by atoms with Crippen molar-refractivity contribution in [3.05, 3.63) is 81.6 Å². The number of rotatable bonds is 8. The summed E-state index contributed by atoms with van der Waals surface area (Å²) in [5.41, 5.74) is -0.133. The number of carbonyl (C=O) groups excluding carboxylic acids is 2. The summed E-state index contributed by atoms with van der Waals surface area (Å²) in [6.07, 6.45) is -0.768. The molecule has 198 valence electrons. The van der Waals surface area contributed by atoms with Gasteiger partial charge < -0.3 is 9.47 Å². The number of aryl methyl sites for hydroxylation is 2. The molecule has 0 radical (unpaired) electrons. The van der Waals surface area contributed by atoms with E-state index in [1.54, 1.807) is 38.1 Å². The van der Waals surface area contributed by atoms with Crippen LogP contribution in [0.5, 0.6) is 0 Å². The molecule has 0 unspecified atom stereocenters. The number of esters is 2. The number of carbonyl (C=O) groups is 2. The van der Waals surface area contributed by atoms with E-state index in [1.807, 2.05) is 13.8 Å².